The van der Waals surface area contributed by atoms with E-state index in [1.54, 1.807) is 6.08 Å². The van der Waals surface area contributed by atoms with Gasteiger partial charge in [0.15, 0.2) is 5.78 Å². The molecule has 114 valence electrons. The van der Waals surface area contributed by atoms with Crippen molar-refractivity contribution in [2.45, 2.75) is 58.5 Å². The van der Waals surface area contributed by atoms with Crippen molar-refractivity contribution >= 4 is 5.78 Å². The van der Waals surface area contributed by atoms with E-state index < -0.39 is 6.10 Å². The highest BCUT2D eigenvalue weighted by molar-refractivity contribution is 5.95. The maximum absolute atomic E-state index is 11.8. The molecule has 2 fully saturated rings. The van der Waals surface area contributed by atoms with Gasteiger partial charge in [-0.05, 0) is 72.3 Å². The molecule has 0 aliphatic heterocycles. The SMILES string of the molecule is C[C@@]12CCC[C@H]1[C@@H]1C=CC3=CC(=O)C(O)C[C@]3(C)[C@H]1CC2. The molecule has 4 aliphatic rings. The molecule has 1 N–H and O–H groups in total. The van der Waals surface area contributed by atoms with E-state index >= 15 is 0 Å². The van der Waals surface area contributed by atoms with Crippen LogP contribution in [0.25, 0.3) is 0 Å². The van der Waals surface area contributed by atoms with Gasteiger partial charge in [-0.2, -0.15) is 0 Å². The van der Waals surface area contributed by atoms with Gasteiger partial charge >= 0.3 is 0 Å². The second-order valence-corrected chi connectivity index (χ2v) is 8.37. The van der Waals surface area contributed by atoms with Crippen molar-refractivity contribution in [3.8, 4) is 0 Å². The minimum atomic E-state index is -0.789. The van der Waals surface area contributed by atoms with Crippen LogP contribution in [0.5, 0.6) is 0 Å². The summed E-state index contributed by atoms with van der Waals surface area (Å²) in [6.07, 6.45) is 12.8. The van der Waals surface area contributed by atoms with Crippen molar-refractivity contribution in [3.05, 3.63) is 23.8 Å². The number of aliphatic hydroxyl groups excluding tert-OH is 1. The van der Waals surface area contributed by atoms with Crippen LogP contribution in [-0.4, -0.2) is 17.0 Å². The van der Waals surface area contributed by atoms with Gasteiger partial charge in [0, 0.05) is 0 Å². The smallest absolute Gasteiger partial charge is 0.184 e. The average Bonchev–Trinajstić information content (AvgIpc) is 2.82. The molecule has 4 aliphatic carbocycles. The van der Waals surface area contributed by atoms with Crippen LogP contribution in [0.15, 0.2) is 23.8 Å². The zero-order valence-corrected chi connectivity index (χ0v) is 13.1. The van der Waals surface area contributed by atoms with Gasteiger partial charge < -0.3 is 5.11 Å². The Balaban J connectivity index is 1.76. The van der Waals surface area contributed by atoms with Crippen LogP contribution in [-0.2, 0) is 4.79 Å². The van der Waals surface area contributed by atoms with Crippen LogP contribution in [0.2, 0.25) is 0 Å². The Morgan fingerprint density at radius 3 is 2.81 bits per heavy atom. The topological polar surface area (TPSA) is 37.3 Å². The monoisotopic (exact) mass is 286 g/mol. The standard InChI is InChI=1S/C19H26O2/c1-18-8-3-4-14(18)13-6-5-12-10-16(20)17(21)11-19(12,2)15(13)7-9-18/h5-6,10,13-15,17,21H,3-4,7-9,11H2,1-2H3/t13-,14-,15-,17?,18-,19-/m0/s1. The predicted molar refractivity (Wildman–Crippen MR) is 82.6 cm³/mol. The lowest BCUT2D eigenvalue weighted by Crippen LogP contribution is -2.49. The Morgan fingerprint density at radius 2 is 2.00 bits per heavy atom. The first-order valence-electron chi connectivity index (χ1n) is 8.56. The van der Waals surface area contributed by atoms with Crippen LogP contribution in [0.4, 0.5) is 0 Å². The first kappa shape index (κ1) is 13.8. The van der Waals surface area contributed by atoms with Gasteiger partial charge in [-0.25, -0.2) is 0 Å². The Kier molecular flexibility index (Phi) is 2.83. The van der Waals surface area contributed by atoms with E-state index in [1.807, 2.05) is 0 Å². The average molecular weight is 286 g/mol. The van der Waals surface area contributed by atoms with Crippen molar-refractivity contribution < 1.29 is 9.90 Å². The minimum Gasteiger partial charge on any atom is -0.385 e. The number of carbonyl (C=O) groups excluding carboxylic acids is 1. The maximum atomic E-state index is 11.8. The molecule has 6 atom stereocenters. The fraction of sp³-hybridized carbons (Fsp3) is 0.737. The number of allylic oxidation sites excluding steroid dienone is 3. The van der Waals surface area contributed by atoms with E-state index in [9.17, 15) is 9.90 Å². The summed E-state index contributed by atoms with van der Waals surface area (Å²) in [6, 6.07) is 0. The fourth-order valence-electron chi connectivity index (χ4n) is 6.05. The summed E-state index contributed by atoms with van der Waals surface area (Å²) >= 11 is 0. The Labute approximate surface area is 127 Å². The molecule has 2 heteroatoms. The van der Waals surface area contributed by atoms with Crippen LogP contribution >= 0.6 is 0 Å². The molecule has 0 heterocycles. The summed E-state index contributed by atoms with van der Waals surface area (Å²) in [7, 11) is 0. The normalized spacial score (nSPS) is 52.0. The number of carbonyl (C=O) groups is 1. The molecule has 0 amide bonds. The van der Waals surface area contributed by atoms with Crippen molar-refractivity contribution in [1.29, 1.82) is 0 Å². The molecule has 0 spiro atoms. The molecular formula is C19H26O2. The Bertz CT molecular complexity index is 546. The van der Waals surface area contributed by atoms with Gasteiger partial charge in [0.05, 0.1) is 0 Å². The first-order chi connectivity index (χ1) is 9.94. The third-order valence-electron chi connectivity index (χ3n) is 7.33. The highest BCUT2D eigenvalue weighted by Crippen LogP contribution is 2.63. The van der Waals surface area contributed by atoms with Crippen molar-refractivity contribution in [3.63, 3.8) is 0 Å². The maximum Gasteiger partial charge on any atom is 0.184 e. The summed E-state index contributed by atoms with van der Waals surface area (Å²) in [6.45, 7) is 4.77. The van der Waals surface area contributed by atoms with Crippen LogP contribution < -0.4 is 0 Å². The highest BCUT2D eigenvalue weighted by Gasteiger charge is 2.55. The number of rotatable bonds is 0. The predicted octanol–water partition coefficient (Wildman–Crippen LogP) is 3.66. The van der Waals surface area contributed by atoms with E-state index in [-0.39, 0.29) is 11.2 Å². The minimum absolute atomic E-state index is 0.00331. The zero-order valence-electron chi connectivity index (χ0n) is 13.1. The first-order valence-corrected chi connectivity index (χ1v) is 8.56. The molecule has 4 rings (SSSR count). The Morgan fingerprint density at radius 1 is 1.19 bits per heavy atom. The molecule has 0 bridgehead atoms. The second-order valence-electron chi connectivity index (χ2n) is 8.37. The molecule has 0 aromatic heterocycles. The number of aliphatic hydroxyl groups is 1. The lowest BCUT2D eigenvalue weighted by Gasteiger charge is -2.55. The zero-order chi connectivity index (χ0) is 14.8. The van der Waals surface area contributed by atoms with Crippen LogP contribution in [0.3, 0.4) is 0 Å². The van der Waals surface area contributed by atoms with E-state index in [0.29, 0.717) is 23.7 Å². The lowest BCUT2D eigenvalue weighted by atomic mass is 9.49. The van der Waals surface area contributed by atoms with Gasteiger partial charge in [-0.15, -0.1) is 0 Å². The molecule has 2 saturated carbocycles. The van der Waals surface area contributed by atoms with Crippen LogP contribution in [0.1, 0.15) is 52.4 Å². The molecule has 0 radical (unpaired) electrons. The van der Waals surface area contributed by atoms with E-state index in [0.717, 1.165) is 5.92 Å². The van der Waals surface area contributed by atoms with Crippen LogP contribution in [0, 0.1) is 28.6 Å². The van der Waals surface area contributed by atoms with Gasteiger partial charge in [-0.3, -0.25) is 4.79 Å². The summed E-state index contributed by atoms with van der Waals surface area (Å²) in [5.74, 6) is 1.95. The number of hydrogen-bond donors (Lipinski definition) is 1. The second kappa shape index (κ2) is 4.32. The number of fused-ring (bicyclic) bond motifs is 5. The van der Waals surface area contributed by atoms with Gasteiger partial charge in [0.25, 0.3) is 0 Å². The largest absolute Gasteiger partial charge is 0.385 e. The molecule has 0 aromatic rings. The molecular weight excluding hydrogens is 260 g/mol. The summed E-state index contributed by atoms with van der Waals surface area (Å²) in [4.78, 5) is 11.8. The number of ketones is 1. The third kappa shape index (κ3) is 1.78. The van der Waals surface area contributed by atoms with Crippen molar-refractivity contribution in [2.75, 3.05) is 0 Å². The van der Waals surface area contributed by atoms with E-state index in [4.69, 9.17) is 0 Å². The Hall–Kier alpha value is -0.890. The third-order valence-corrected chi connectivity index (χ3v) is 7.33. The van der Waals surface area contributed by atoms with Gasteiger partial charge in [0.1, 0.15) is 6.10 Å². The van der Waals surface area contributed by atoms with Crippen molar-refractivity contribution in [1.82, 2.24) is 0 Å². The summed E-state index contributed by atoms with van der Waals surface area (Å²) < 4.78 is 0. The van der Waals surface area contributed by atoms with Crippen molar-refractivity contribution in [2.24, 2.45) is 28.6 Å². The number of hydrogen-bond acceptors (Lipinski definition) is 2. The molecule has 21 heavy (non-hydrogen) atoms. The molecule has 0 aromatic carbocycles. The van der Waals surface area contributed by atoms with Gasteiger partial charge in [-0.1, -0.05) is 32.4 Å². The summed E-state index contributed by atoms with van der Waals surface area (Å²) in [5.41, 5.74) is 1.70. The summed E-state index contributed by atoms with van der Waals surface area (Å²) in [5, 5.41) is 10.1. The van der Waals surface area contributed by atoms with Gasteiger partial charge in [0.2, 0.25) is 0 Å². The molecule has 0 saturated heterocycles. The molecule has 1 unspecified atom stereocenters. The van der Waals surface area contributed by atoms with E-state index in [1.165, 1.54) is 37.7 Å². The highest BCUT2D eigenvalue weighted by atomic mass is 16.3. The fourth-order valence-corrected chi connectivity index (χ4v) is 6.05. The molecule has 2 nitrogen and oxygen atoms in total. The van der Waals surface area contributed by atoms with E-state index in [2.05, 4.69) is 26.0 Å². The lowest BCUT2D eigenvalue weighted by molar-refractivity contribution is -0.126. The quantitative estimate of drug-likeness (QED) is 0.738.